The van der Waals surface area contributed by atoms with Crippen LogP contribution in [-0.4, -0.2) is 144 Å². The van der Waals surface area contributed by atoms with E-state index in [0.29, 0.717) is 5.56 Å². The average molecular weight is 803 g/mol. The average Bonchev–Trinajstić information content (AvgIpc) is 3.18. The minimum atomic E-state index is -2.07. The number of aliphatic hydroxyl groups excluding tert-OH is 6. The van der Waals surface area contributed by atoms with E-state index in [-0.39, 0.29) is 22.6 Å². The number of hydrogen-bond donors (Lipinski definition) is 11. The summed E-state index contributed by atoms with van der Waals surface area (Å²) < 4.78 is 39.0. The van der Waals surface area contributed by atoms with Crippen molar-refractivity contribution in [3.8, 4) is 51.6 Å². The maximum absolute atomic E-state index is 14.0. The van der Waals surface area contributed by atoms with Crippen LogP contribution in [0.4, 0.5) is 0 Å². The number of fused-ring (bicyclic) bond motifs is 1. The normalized spacial score (nSPS) is 27.7. The SMILES string of the molecule is COc1cc(C=CC(=O)OC[C@H]2O[C@@H](O[C@H]3[C@H](Oc4c(-c5ccc(O)c(O)c5)oc5cc(O)cc(O)c5c4=O)O[C@H](CO)[C@H](O)[C@@H]3O)[C@H](O)[C@@H](O)[C@@H]2O)ccc1O. The number of aromatic hydroxyl groups is 5. The van der Waals surface area contributed by atoms with Gasteiger partial charge in [0.25, 0.3) is 0 Å². The third kappa shape index (κ3) is 8.39. The van der Waals surface area contributed by atoms with Gasteiger partial charge in [-0.3, -0.25) is 4.79 Å². The third-order valence-electron chi connectivity index (χ3n) is 9.18. The quantitative estimate of drug-likeness (QED) is 0.0505. The Morgan fingerprint density at radius 1 is 0.772 bits per heavy atom. The topological polar surface area (TPSA) is 325 Å². The molecule has 2 saturated heterocycles. The van der Waals surface area contributed by atoms with Gasteiger partial charge >= 0.3 is 5.97 Å². The Morgan fingerprint density at radius 3 is 2.18 bits per heavy atom. The number of phenols is 5. The maximum atomic E-state index is 14.0. The molecule has 3 aromatic carbocycles. The summed E-state index contributed by atoms with van der Waals surface area (Å²) >= 11 is 0. The lowest BCUT2D eigenvalue weighted by atomic mass is 9.97. The van der Waals surface area contributed by atoms with E-state index in [1.807, 2.05) is 0 Å². The summed E-state index contributed by atoms with van der Waals surface area (Å²) in [4.78, 5) is 26.5. The molecule has 2 aliphatic heterocycles. The Morgan fingerprint density at radius 2 is 1.47 bits per heavy atom. The summed E-state index contributed by atoms with van der Waals surface area (Å²) in [5.41, 5.74) is -1.12. The zero-order valence-corrected chi connectivity index (χ0v) is 29.6. The van der Waals surface area contributed by atoms with E-state index in [2.05, 4.69) is 0 Å². The summed E-state index contributed by atoms with van der Waals surface area (Å²) in [6.07, 6.45) is -16.7. The van der Waals surface area contributed by atoms with Gasteiger partial charge in [-0.15, -0.1) is 0 Å². The molecule has 2 fully saturated rings. The van der Waals surface area contributed by atoms with Gasteiger partial charge in [-0.05, 0) is 42.0 Å². The fourth-order valence-corrected chi connectivity index (χ4v) is 6.14. The lowest BCUT2D eigenvalue weighted by Gasteiger charge is -2.45. The Labute approximate surface area is 320 Å². The second kappa shape index (κ2) is 16.8. The molecule has 6 rings (SSSR count). The van der Waals surface area contributed by atoms with E-state index in [0.717, 1.165) is 30.3 Å². The highest BCUT2D eigenvalue weighted by Gasteiger charge is 2.52. The van der Waals surface area contributed by atoms with Crippen LogP contribution in [0.15, 0.2) is 63.8 Å². The summed E-state index contributed by atoms with van der Waals surface area (Å²) in [5.74, 6) is -4.65. The first-order valence-electron chi connectivity index (χ1n) is 17.0. The fourth-order valence-electron chi connectivity index (χ4n) is 6.14. The van der Waals surface area contributed by atoms with Crippen molar-refractivity contribution in [1.29, 1.82) is 0 Å². The first kappa shape index (κ1) is 41.0. The van der Waals surface area contributed by atoms with Crippen molar-refractivity contribution < 1.29 is 93.8 Å². The highest BCUT2D eigenvalue weighted by atomic mass is 16.8. The molecule has 0 bridgehead atoms. The van der Waals surface area contributed by atoms with Gasteiger partial charge in [0.05, 0.1) is 13.7 Å². The summed E-state index contributed by atoms with van der Waals surface area (Å²) in [6, 6.07) is 9.31. The lowest BCUT2D eigenvalue weighted by molar-refractivity contribution is -0.358. The molecule has 0 saturated carbocycles. The molecular weight excluding hydrogens is 764 g/mol. The van der Waals surface area contributed by atoms with Gasteiger partial charge in [-0.2, -0.15) is 0 Å². The molecule has 2 aliphatic rings. The number of aliphatic hydroxyl groups is 6. The van der Waals surface area contributed by atoms with E-state index >= 15 is 0 Å². The molecule has 0 amide bonds. The van der Waals surface area contributed by atoms with Crippen molar-refractivity contribution in [3.05, 3.63) is 70.4 Å². The standard InChI is InChI=1S/C37H38O20/c1-51-21-8-14(2-5-18(21)41)3-7-25(44)52-13-24-28(46)30(48)32(50)36(55-24)57-35-31(49)27(45)23(12-38)54-37(35)56-34-29(47)26-20(43)10-16(39)11-22(26)53-33(34)15-4-6-17(40)19(42)9-15/h2-11,23-24,27-28,30-32,35-43,45-46,48-50H,12-13H2,1H3/t23-,24-,27+,28-,30+,31+,32-,35-,36+,37+/m1/s1. The van der Waals surface area contributed by atoms with Crippen LogP contribution < -0.4 is 14.9 Å². The molecule has 0 radical (unpaired) electrons. The van der Waals surface area contributed by atoms with Gasteiger partial charge in [0.2, 0.25) is 17.5 Å². The number of esters is 1. The molecule has 11 N–H and O–H groups in total. The van der Waals surface area contributed by atoms with Gasteiger partial charge in [0.15, 0.2) is 41.2 Å². The van der Waals surface area contributed by atoms with Gasteiger partial charge in [-0.25, -0.2) is 4.79 Å². The smallest absolute Gasteiger partial charge is 0.330 e. The summed E-state index contributed by atoms with van der Waals surface area (Å²) in [6.45, 7) is -1.63. The maximum Gasteiger partial charge on any atom is 0.330 e. The van der Waals surface area contributed by atoms with Gasteiger partial charge < -0.3 is 89.0 Å². The monoisotopic (exact) mass is 802 g/mol. The Balaban J connectivity index is 1.28. The van der Waals surface area contributed by atoms with E-state index in [4.69, 9.17) is 32.8 Å². The number of ether oxygens (including phenoxy) is 6. The number of methoxy groups -OCH3 is 1. The van der Waals surface area contributed by atoms with Crippen LogP contribution in [-0.2, 0) is 23.7 Å². The zero-order chi connectivity index (χ0) is 41.3. The van der Waals surface area contributed by atoms with Crippen LogP contribution in [0.5, 0.6) is 40.2 Å². The first-order valence-corrected chi connectivity index (χ1v) is 17.0. The minimum absolute atomic E-state index is 0.104. The lowest BCUT2D eigenvalue weighted by Crippen LogP contribution is -2.65. The van der Waals surface area contributed by atoms with Crippen molar-refractivity contribution in [2.45, 2.75) is 61.4 Å². The third-order valence-corrected chi connectivity index (χ3v) is 9.18. The second-order valence-corrected chi connectivity index (χ2v) is 13.0. The van der Waals surface area contributed by atoms with E-state index in [1.54, 1.807) is 0 Å². The van der Waals surface area contributed by atoms with Gasteiger partial charge in [0.1, 0.15) is 71.8 Å². The van der Waals surface area contributed by atoms with Gasteiger partial charge in [0, 0.05) is 23.8 Å². The molecule has 0 spiro atoms. The largest absolute Gasteiger partial charge is 0.508 e. The van der Waals surface area contributed by atoms with Crippen molar-refractivity contribution >= 4 is 23.0 Å². The van der Waals surface area contributed by atoms with Crippen molar-refractivity contribution in [2.75, 3.05) is 20.3 Å². The Bertz CT molecular complexity index is 2180. The minimum Gasteiger partial charge on any atom is -0.508 e. The van der Waals surface area contributed by atoms with Crippen molar-refractivity contribution in [3.63, 3.8) is 0 Å². The van der Waals surface area contributed by atoms with Crippen LogP contribution in [0, 0.1) is 0 Å². The molecule has 57 heavy (non-hydrogen) atoms. The molecular formula is C37H38O20. The zero-order valence-electron chi connectivity index (χ0n) is 29.6. The summed E-state index contributed by atoms with van der Waals surface area (Å²) in [5, 5.41) is 114. The van der Waals surface area contributed by atoms with Crippen LogP contribution in [0.2, 0.25) is 0 Å². The molecule has 4 aromatic rings. The predicted octanol–water partition coefficient (Wildman–Crippen LogP) is -0.736. The highest BCUT2D eigenvalue weighted by Crippen LogP contribution is 2.40. The molecule has 1 aromatic heterocycles. The number of carbonyl (C=O) groups is 1. The van der Waals surface area contributed by atoms with Gasteiger partial charge in [-0.1, -0.05) is 6.07 Å². The number of benzene rings is 3. The van der Waals surface area contributed by atoms with Crippen molar-refractivity contribution in [1.82, 2.24) is 0 Å². The Hall–Kier alpha value is -5.68. The molecule has 306 valence electrons. The van der Waals surface area contributed by atoms with E-state index < -0.39 is 126 Å². The molecule has 0 aliphatic carbocycles. The molecule has 3 heterocycles. The van der Waals surface area contributed by atoms with Crippen LogP contribution >= 0.6 is 0 Å². The number of phenolic OH excluding ortho intramolecular Hbond substituents is 5. The van der Waals surface area contributed by atoms with E-state index in [1.165, 1.54) is 37.5 Å². The predicted molar refractivity (Wildman–Crippen MR) is 189 cm³/mol. The fraction of sp³-hybridized carbons (Fsp3) is 0.351. The Kier molecular flexibility index (Phi) is 12.1. The van der Waals surface area contributed by atoms with Crippen LogP contribution in [0.25, 0.3) is 28.4 Å². The van der Waals surface area contributed by atoms with Crippen LogP contribution in [0.3, 0.4) is 0 Å². The molecule has 0 unspecified atom stereocenters. The first-order chi connectivity index (χ1) is 27.1. The van der Waals surface area contributed by atoms with Crippen LogP contribution in [0.1, 0.15) is 5.56 Å². The highest BCUT2D eigenvalue weighted by molar-refractivity contribution is 5.88. The van der Waals surface area contributed by atoms with Crippen molar-refractivity contribution in [2.24, 2.45) is 0 Å². The second-order valence-electron chi connectivity index (χ2n) is 13.0. The molecule has 20 nitrogen and oxygen atoms in total. The van der Waals surface area contributed by atoms with E-state index in [9.17, 15) is 65.8 Å². The number of rotatable bonds is 11. The number of hydrogen-bond acceptors (Lipinski definition) is 20. The summed E-state index contributed by atoms with van der Waals surface area (Å²) in [7, 11) is 1.34. The number of carbonyl (C=O) groups excluding carboxylic acids is 1. The molecule has 10 atom stereocenters. The molecule has 20 heteroatoms.